The second kappa shape index (κ2) is 5.42. The molecule has 0 aromatic rings. The SMILES string of the molecule is CCOCCCP(=O)(Cl)Cl. The van der Waals surface area contributed by atoms with Gasteiger partial charge in [-0.3, -0.25) is 4.57 Å². The third-order valence-electron chi connectivity index (χ3n) is 0.911. The highest BCUT2D eigenvalue weighted by Gasteiger charge is 2.11. The first-order valence-corrected chi connectivity index (χ1v) is 6.82. The van der Waals surface area contributed by atoms with Crippen LogP contribution in [-0.2, 0) is 9.30 Å². The molecule has 0 rings (SSSR count). The van der Waals surface area contributed by atoms with Crippen molar-refractivity contribution in [3.63, 3.8) is 0 Å². The molecule has 0 spiro atoms. The molecule has 0 aliphatic rings. The Morgan fingerprint density at radius 3 is 2.50 bits per heavy atom. The smallest absolute Gasteiger partial charge is 0.253 e. The summed E-state index contributed by atoms with van der Waals surface area (Å²) in [5.41, 5.74) is 0. The number of ether oxygens (including phenoxy) is 1. The minimum atomic E-state index is -2.84. The lowest BCUT2D eigenvalue weighted by Gasteiger charge is -2.01. The second-order valence-electron chi connectivity index (χ2n) is 1.84. The third-order valence-corrected chi connectivity index (χ3v) is 2.76. The van der Waals surface area contributed by atoms with Gasteiger partial charge in [0.05, 0.1) is 0 Å². The van der Waals surface area contributed by atoms with Gasteiger partial charge in [0.25, 0.3) is 5.85 Å². The molecule has 0 fully saturated rings. The molecule has 2 nitrogen and oxygen atoms in total. The van der Waals surface area contributed by atoms with Crippen LogP contribution in [0.3, 0.4) is 0 Å². The van der Waals surface area contributed by atoms with Crippen LogP contribution in [0.15, 0.2) is 0 Å². The van der Waals surface area contributed by atoms with Crippen LogP contribution in [0.1, 0.15) is 13.3 Å². The van der Waals surface area contributed by atoms with Gasteiger partial charge in [-0.1, -0.05) is 0 Å². The molecule has 0 saturated carbocycles. The molecular formula is C5H11Cl2O2P. The predicted octanol–water partition coefficient (Wildman–Crippen LogP) is 3.08. The highest BCUT2D eigenvalue weighted by atomic mass is 35.9. The summed E-state index contributed by atoms with van der Waals surface area (Å²) in [6.45, 7) is 3.16. The Hall–Kier alpha value is 0.770. The van der Waals surface area contributed by atoms with E-state index in [0.717, 1.165) is 0 Å². The van der Waals surface area contributed by atoms with Gasteiger partial charge in [-0.05, 0) is 35.8 Å². The molecule has 0 bridgehead atoms. The Bertz CT molecular complexity index is 123. The Morgan fingerprint density at radius 1 is 1.50 bits per heavy atom. The molecule has 0 N–H and O–H groups in total. The average molecular weight is 205 g/mol. The maximum atomic E-state index is 10.7. The van der Waals surface area contributed by atoms with Crippen molar-refractivity contribution >= 4 is 28.3 Å². The molecule has 10 heavy (non-hydrogen) atoms. The summed E-state index contributed by atoms with van der Waals surface area (Å²) in [6, 6.07) is 0. The highest BCUT2D eigenvalue weighted by Crippen LogP contribution is 2.56. The van der Waals surface area contributed by atoms with Crippen LogP contribution in [0, 0.1) is 0 Å². The van der Waals surface area contributed by atoms with E-state index in [1.165, 1.54) is 0 Å². The normalized spacial score (nSPS) is 11.9. The fourth-order valence-corrected chi connectivity index (χ4v) is 1.71. The molecule has 0 unspecified atom stereocenters. The molecule has 0 heterocycles. The molecule has 0 atom stereocenters. The van der Waals surface area contributed by atoms with Gasteiger partial charge in [0.1, 0.15) is 0 Å². The van der Waals surface area contributed by atoms with Gasteiger partial charge in [0.2, 0.25) is 0 Å². The summed E-state index contributed by atoms with van der Waals surface area (Å²) >= 11 is 10.6. The Labute approximate surface area is 70.8 Å². The summed E-state index contributed by atoms with van der Waals surface area (Å²) in [5, 5.41) is 0. The lowest BCUT2D eigenvalue weighted by atomic mass is 10.5. The van der Waals surface area contributed by atoms with E-state index in [-0.39, 0.29) is 0 Å². The van der Waals surface area contributed by atoms with Crippen molar-refractivity contribution in [3.8, 4) is 0 Å². The molecular weight excluding hydrogens is 194 g/mol. The van der Waals surface area contributed by atoms with Crippen LogP contribution in [0.5, 0.6) is 0 Å². The number of halogens is 2. The Morgan fingerprint density at radius 2 is 2.10 bits per heavy atom. The molecule has 0 radical (unpaired) electrons. The maximum absolute atomic E-state index is 10.7. The molecule has 0 amide bonds. The van der Waals surface area contributed by atoms with Gasteiger partial charge in [0, 0.05) is 19.4 Å². The highest BCUT2D eigenvalue weighted by molar-refractivity contribution is 8.08. The van der Waals surface area contributed by atoms with Gasteiger partial charge in [0.15, 0.2) is 0 Å². The first kappa shape index (κ1) is 10.8. The lowest BCUT2D eigenvalue weighted by molar-refractivity contribution is 0.149. The van der Waals surface area contributed by atoms with E-state index in [1.807, 2.05) is 6.92 Å². The van der Waals surface area contributed by atoms with Gasteiger partial charge >= 0.3 is 0 Å². The average Bonchev–Trinajstić information content (AvgIpc) is 1.78. The fraction of sp³-hybridized carbons (Fsp3) is 1.00. The van der Waals surface area contributed by atoms with Crippen molar-refractivity contribution in [2.24, 2.45) is 0 Å². The molecule has 0 aromatic heterocycles. The van der Waals surface area contributed by atoms with Crippen molar-refractivity contribution in [1.29, 1.82) is 0 Å². The van der Waals surface area contributed by atoms with Crippen molar-refractivity contribution in [1.82, 2.24) is 0 Å². The predicted molar refractivity (Wildman–Crippen MR) is 45.3 cm³/mol. The number of hydrogen-bond acceptors (Lipinski definition) is 2. The van der Waals surface area contributed by atoms with E-state index in [0.29, 0.717) is 25.8 Å². The Kier molecular flexibility index (Phi) is 5.84. The second-order valence-corrected chi connectivity index (χ2v) is 7.23. The fourth-order valence-electron chi connectivity index (χ4n) is 0.495. The standard InChI is InChI=1S/C5H11Cl2O2P/c1-2-9-4-3-5-10(6,7)8/h2-5H2,1H3. The number of rotatable bonds is 5. The summed E-state index contributed by atoms with van der Waals surface area (Å²) in [6.07, 6.45) is 1.01. The van der Waals surface area contributed by atoms with Gasteiger partial charge < -0.3 is 4.74 Å². The molecule has 62 valence electrons. The van der Waals surface area contributed by atoms with Gasteiger partial charge in [-0.15, -0.1) is 0 Å². The topological polar surface area (TPSA) is 26.3 Å². The summed E-state index contributed by atoms with van der Waals surface area (Å²) < 4.78 is 15.6. The Balaban J connectivity index is 3.13. The van der Waals surface area contributed by atoms with Crippen LogP contribution in [0.4, 0.5) is 0 Å². The van der Waals surface area contributed by atoms with Crippen molar-refractivity contribution in [2.45, 2.75) is 13.3 Å². The van der Waals surface area contributed by atoms with Crippen LogP contribution >= 0.6 is 28.3 Å². The minimum Gasteiger partial charge on any atom is -0.382 e. The van der Waals surface area contributed by atoms with Crippen LogP contribution < -0.4 is 0 Å². The lowest BCUT2D eigenvalue weighted by Crippen LogP contribution is -1.94. The third kappa shape index (κ3) is 8.77. The monoisotopic (exact) mass is 204 g/mol. The summed E-state index contributed by atoms with van der Waals surface area (Å²) in [5.74, 6) is -2.84. The quantitative estimate of drug-likeness (QED) is 0.509. The zero-order chi connectivity index (χ0) is 8.04. The van der Waals surface area contributed by atoms with Crippen molar-refractivity contribution < 1.29 is 9.30 Å². The molecule has 0 aliphatic heterocycles. The molecule has 0 aromatic carbocycles. The van der Waals surface area contributed by atoms with Crippen LogP contribution in [0.25, 0.3) is 0 Å². The largest absolute Gasteiger partial charge is 0.382 e. The van der Waals surface area contributed by atoms with Crippen molar-refractivity contribution in [3.05, 3.63) is 0 Å². The zero-order valence-corrected chi connectivity index (χ0v) is 8.25. The maximum Gasteiger partial charge on any atom is 0.253 e. The van der Waals surface area contributed by atoms with Crippen LogP contribution in [0.2, 0.25) is 0 Å². The van der Waals surface area contributed by atoms with E-state index in [4.69, 9.17) is 27.2 Å². The van der Waals surface area contributed by atoms with E-state index >= 15 is 0 Å². The van der Waals surface area contributed by atoms with E-state index in [9.17, 15) is 4.57 Å². The molecule has 0 aliphatic carbocycles. The summed E-state index contributed by atoms with van der Waals surface area (Å²) in [7, 11) is 0. The van der Waals surface area contributed by atoms with E-state index < -0.39 is 5.85 Å². The van der Waals surface area contributed by atoms with Crippen molar-refractivity contribution in [2.75, 3.05) is 19.4 Å². The van der Waals surface area contributed by atoms with Crippen LogP contribution in [-0.4, -0.2) is 19.4 Å². The molecule has 5 heteroatoms. The number of hydrogen-bond donors (Lipinski definition) is 0. The van der Waals surface area contributed by atoms with E-state index in [2.05, 4.69) is 0 Å². The van der Waals surface area contributed by atoms with Gasteiger partial charge in [-0.2, -0.15) is 0 Å². The zero-order valence-electron chi connectivity index (χ0n) is 5.85. The minimum absolute atomic E-state index is 0.343. The van der Waals surface area contributed by atoms with E-state index in [1.54, 1.807) is 0 Å². The first-order chi connectivity index (χ1) is 4.56. The first-order valence-electron chi connectivity index (χ1n) is 3.12. The molecule has 0 saturated heterocycles. The van der Waals surface area contributed by atoms with Gasteiger partial charge in [-0.25, -0.2) is 0 Å². The summed E-state index contributed by atoms with van der Waals surface area (Å²) in [4.78, 5) is 0.